The second-order valence-corrected chi connectivity index (χ2v) is 8.90. The summed E-state index contributed by atoms with van der Waals surface area (Å²) in [5.41, 5.74) is 1.75. The Bertz CT molecular complexity index is 991. The van der Waals surface area contributed by atoms with E-state index in [4.69, 9.17) is 4.74 Å². The molecule has 2 aromatic carbocycles. The number of rotatable bonds is 8. The Morgan fingerprint density at radius 1 is 1.06 bits per heavy atom. The molecule has 4 rings (SSSR count). The summed E-state index contributed by atoms with van der Waals surface area (Å²) < 4.78 is 5.34. The van der Waals surface area contributed by atoms with Crippen molar-refractivity contribution in [1.82, 2.24) is 10.2 Å². The number of hydrogen-bond acceptors (Lipinski definition) is 4. The second-order valence-electron chi connectivity index (χ2n) is 8.90. The average molecular weight is 421 g/mol. The lowest BCUT2D eigenvalue weighted by atomic mass is 9.95. The minimum Gasteiger partial charge on any atom is -0.497 e. The van der Waals surface area contributed by atoms with Crippen LogP contribution in [0.25, 0.3) is 0 Å². The highest BCUT2D eigenvalue weighted by Gasteiger charge is 2.46. The predicted molar refractivity (Wildman–Crippen MR) is 117 cm³/mol. The van der Waals surface area contributed by atoms with Gasteiger partial charge < -0.3 is 10.1 Å². The highest BCUT2D eigenvalue weighted by Crippen LogP contribution is 2.48. The van der Waals surface area contributed by atoms with Gasteiger partial charge in [-0.3, -0.25) is 19.3 Å². The first-order valence-corrected chi connectivity index (χ1v) is 10.8. The number of imide groups is 1. The molecule has 1 N–H and O–H groups in total. The first kappa shape index (κ1) is 21.1. The minimum absolute atomic E-state index is 0.116. The molecule has 1 unspecified atom stereocenters. The predicted octanol–water partition coefficient (Wildman–Crippen LogP) is 3.55. The molecule has 3 amide bonds. The molecule has 1 atom stereocenters. The quantitative estimate of drug-likeness (QED) is 0.663. The molecule has 2 aliphatic rings. The third-order valence-corrected chi connectivity index (χ3v) is 6.27. The van der Waals surface area contributed by atoms with Crippen LogP contribution in [0.2, 0.25) is 0 Å². The summed E-state index contributed by atoms with van der Waals surface area (Å²) in [6, 6.07) is 13.8. The van der Waals surface area contributed by atoms with Crippen molar-refractivity contribution in [3.8, 4) is 5.75 Å². The monoisotopic (exact) mass is 420 g/mol. The lowest BCUT2D eigenvalue weighted by Gasteiger charge is -2.28. The van der Waals surface area contributed by atoms with E-state index in [1.165, 1.54) is 0 Å². The van der Waals surface area contributed by atoms with Crippen LogP contribution in [-0.2, 0) is 10.2 Å². The number of nitrogens with zero attached hydrogens (tertiary/aromatic N) is 1. The van der Waals surface area contributed by atoms with Gasteiger partial charge in [0.05, 0.1) is 18.2 Å². The molecule has 1 heterocycles. The molecule has 1 fully saturated rings. The van der Waals surface area contributed by atoms with Gasteiger partial charge in [0.25, 0.3) is 11.8 Å². The van der Waals surface area contributed by atoms with E-state index in [0.717, 1.165) is 29.1 Å². The third-order valence-electron chi connectivity index (χ3n) is 6.27. The second kappa shape index (κ2) is 8.17. The summed E-state index contributed by atoms with van der Waals surface area (Å²) in [6.07, 6.45) is 2.37. The van der Waals surface area contributed by atoms with E-state index in [1.807, 2.05) is 32.0 Å². The number of carbonyl (C=O) groups excluding carboxylic acids is 3. The van der Waals surface area contributed by atoms with Crippen molar-refractivity contribution in [3.05, 3.63) is 65.2 Å². The van der Waals surface area contributed by atoms with E-state index in [2.05, 4.69) is 11.4 Å². The number of ether oxygens (including phenoxy) is 1. The van der Waals surface area contributed by atoms with E-state index >= 15 is 0 Å². The average Bonchev–Trinajstić information content (AvgIpc) is 3.53. The number of fused-ring (bicyclic) bond motifs is 1. The van der Waals surface area contributed by atoms with Crippen LogP contribution in [-0.4, -0.2) is 42.3 Å². The first-order chi connectivity index (χ1) is 14.9. The van der Waals surface area contributed by atoms with E-state index in [-0.39, 0.29) is 17.2 Å². The Balaban J connectivity index is 1.52. The first-order valence-electron chi connectivity index (χ1n) is 10.8. The van der Waals surface area contributed by atoms with Crippen LogP contribution in [0, 0.1) is 5.92 Å². The van der Waals surface area contributed by atoms with Gasteiger partial charge in [-0.25, -0.2) is 0 Å². The number of hydrogen-bond donors (Lipinski definition) is 1. The molecule has 0 aromatic heterocycles. The molecule has 1 saturated carbocycles. The number of amides is 3. The zero-order valence-electron chi connectivity index (χ0n) is 18.2. The number of methoxy groups -OCH3 is 1. The van der Waals surface area contributed by atoms with Gasteiger partial charge in [0.1, 0.15) is 11.8 Å². The summed E-state index contributed by atoms with van der Waals surface area (Å²) in [5.74, 6) is -0.129. The molecule has 6 nitrogen and oxygen atoms in total. The van der Waals surface area contributed by atoms with E-state index in [0.29, 0.717) is 24.1 Å². The summed E-state index contributed by atoms with van der Waals surface area (Å²) >= 11 is 0. The van der Waals surface area contributed by atoms with E-state index in [1.54, 1.807) is 31.4 Å². The molecular formula is C25H28N2O4. The van der Waals surface area contributed by atoms with Crippen LogP contribution in [0.5, 0.6) is 5.75 Å². The van der Waals surface area contributed by atoms with Crippen molar-refractivity contribution >= 4 is 17.7 Å². The smallest absolute Gasteiger partial charge is 0.262 e. The molecule has 2 aromatic rings. The van der Waals surface area contributed by atoms with Crippen LogP contribution >= 0.6 is 0 Å². The highest BCUT2D eigenvalue weighted by molar-refractivity contribution is 6.22. The zero-order chi connectivity index (χ0) is 22.2. The maximum Gasteiger partial charge on any atom is 0.262 e. The van der Waals surface area contributed by atoms with Crippen LogP contribution in [0.4, 0.5) is 0 Å². The van der Waals surface area contributed by atoms with Crippen LogP contribution < -0.4 is 10.1 Å². The molecule has 0 bridgehead atoms. The lowest BCUT2D eigenvalue weighted by molar-refractivity contribution is -0.125. The molecule has 162 valence electrons. The Hall–Kier alpha value is -3.15. The number of benzene rings is 2. The maximum atomic E-state index is 13.3. The van der Waals surface area contributed by atoms with Crippen molar-refractivity contribution in [3.63, 3.8) is 0 Å². The summed E-state index contributed by atoms with van der Waals surface area (Å²) in [7, 11) is 1.64. The number of carbonyl (C=O) groups is 3. The molecule has 0 spiro atoms. The van der Waals surface area contributed by atoms with Crippen LogP contribution in [0.3, 0.4) is 0 Å². The summed E-state index contributed by atoms with van der Waals surface area (Å²) in [4.78, 5) is 40.3. The molecule has 1 aliphatic carbocycles. The third kappa shape index (κ3) is 3.94. The Kier molecular flexibility index (Phi) is 5.56. The molecule has 6 heteroatoms. The Morgan fingerprint density at radius 3 is 2.26 bits per heavy atom. The summed E-state index contributed by atoms with van der Waals surface area (Å²) in [6.45, 7) is 4.44. The maximum absolute atomic E-state index is 13.3. The van der Waals surface area contributed by atoms with Crippen LogP contribution in [0.15, 0.2) is 48.5 Å². The Morgan fingerprint density at radius 2 is 1.71 bits per heavy atom. The Labute approximate surface area is 182 Å². The highest BCUT2D eigenvalue weighted by atomic mass is 16.5. The molecule has 0 radical (unpaired) electrons. The molecular weight excluding hydrogens is 392 g/mol. The van der Waals surface area contributed by atoms with E-state index < -0.39 is 17.9 Å². The van der Waals surface area contributed by atoms with Crippen LogP contribution in [0.1, 0.15) is 59.4 Å². The van der Waals surface area contributed by atoms with Gasteiger partial charge in [-0.1, -0.05) is 38.1 Å². The minimum atomic E-state index is -0.825. The van der Waals surface area contributed by atoms with Gasteiger partial charge in [-0.05, 0) is 55.0 Å². The topological polar surface area (TPSA) is 75.7 Å². The molecule has 1 aliphatic heterocycles. The largest absolute Gasteiger partial charge is 0.497 e. The van der Waals surface area contributed by atoms with Gasteiger partial charge in [-0.15, -0.1) is 0 Å². The molecule has 31 heavy (non-hydrogen) atoms. The van der Waals surface area contributed by atoms with Gasteiger partial charge in [0.15, 0.2) is 0 Å². The lowest BCUT2D eigenvalue weighted by Crippen LogP contribution is -2.51. The van der Waals surface area contributed by atoms with Gasteiger partial charge in [0.2, 0.25) is 5.91 Å². The number of nitrogens with one attached hydrogen (secondary N) is 1. The van der Waals surface area contributed by atoms with Crippen molar-refractivity contribution in [2.24, 2.45) is 5.92 Å². The van der Waals surface area contributed by atoms with Crippen molar-refractivity contribution in [2.75, 3.05) is 13.7 Å². The van der Waals surface area contributed by atoms with Crippen molar-refractivity contribution in [2.45, 2.75) is 44.6 Å². The van der Waals surface area contributed by atoms with Gasteiger partial charge in [-0.2, -0.15) is 0 Å². The summed E-state index contributed by atoms with van der Waals surface area (Å²) in [5, 5.41) is 3.05. The van der Waals surface area contributed by atoms with Gasteiger partial charge in [0, 0.05) is 12.0 Å². The fraction of sp³-hybridized carbons (Fsp3) is 0.400. The zero-order valence-corrected chi connectivity index (χ0v) is 18.2. The van der Waals surface area contributed by atoms with Crippen molar-refractivity contribution < 1.29 is 19.1 Å². The fourth-order valence-electron chi connectivity index (χ4n) is 4.31. The SMILES string of the molecule is COc1cccc(C2(CNC(=O)C(CC(C)C)N3C(=O)c4ccccc4C3=O)CC2)c1. The standard InChI is InChI=1S/C25H28N2O4/c1-16(2)13-21(27-23(29)19-9-4-5-10-20(19)24(27)30)22(28)26-15-25(11-12-25)17-7-6-8-18(14-17)31-3/h4-10,14,16,21H,11-13,15H2,1-3H3,(H,26,28). The van der Waals surface area contributed by atoms with E-state index in [9.17, 15) is 14.4 Å². The normalized spacial score (nSPS) is 17.5. The molecule has 0 saturated heterocycles. The van der Waals surface area contributed by atoms with Gasteiger partial charge >= 0.3 is 0 Å². The van der Waals surface area contributed by atoms with Crippen molar-refractivity contribution in [1.29, 1.82) is 0 Å². The fourth-order valence-corrected chi connectivity index (χ4v) is 4.31.